The van der Waals surface area contributed by atoms with Gasteiger partial charge in [-0.15, -0.1) is 0 Å². The third-order valence-corrected chi connectivity index (χ3v) is 4.04. The van der Waals surface area contributed by atoms with E-state index in [0.717, 1.165) is 4.43 Å². The number of rotatable bonds is 8. The molecule has 4 nitrogen and oxygen atoms in total. The number of amides is 1. The molecule has 1 amide bonds. The Balaban J connectivity index is 2.91. The molecule has 0 aliphatic heterocycles. The first-order valence-corrected chi connectivity index (χ1v) is 8.82. The fourth-order valence-electron chi connectivity index (χ4n) is 1.83. The summed E-state index contributed by atoms with van der Waals surface area (Å²) in [6.07, 6.45) is 0. The van der Waals surface area contributed by atoms with Gasteiger partial charge in [0.25, 0.3) is 5.91 Å². The minimum absolute atomic E-state index is 0.0747. The summed E-state index contributed by atoms with van der Waals surface area (Å²) in [5.41, 5.74) is 0.595. The van der Waals surface area contributed by atoms with Crippen LogP contribution in [0.2, 0.25) is 0 Å². The maximum atomic E-state index is 12.3. The minimum atomic E-state index is -0.0747. The second-order valence-corrected chi connectivity index (χ2v) is 5.89. The molecule has 1 N–H and O–H groups in total. The number of carbonyl (C=O) groups is 1. The van der Waals surface area contributed by atoms with E-state index < -0.39 is 0 Å². The molecule has 0 radical (unpaired) electrons. The van der Waals surface area contributed by atoms with Gasteiger partial charge >= 0.3 is 0 Å². The lowest BCUT2D eigenvalue weighted by molar-refractivity contribution is 0.0931. The number of hydrogen-bond acceptors (Lipinski definition) is 3. The molecule has 1 rings (SSSR count). The topological polar surface area (TPSA) is 47.6 Å². The summed E-state index contributed by atoms with van der Waals surface area (Å²) in [6.45, 7) is 9.14. The van der Waals surface area contributed by atoms with Crippen molar-refractivity contribution in [3.05, 3.63) is 23.8 Å². The molecule has 0 aromatic heterocycles. The molecule has 0 bridgehead atoms. The van der Waals surface area contributed by atoms with E-state index in [9.17, 15) is 4.79 Å². The maximum absolute atomic E-state index is 12.3. The Morgan fingerprint density at radius 1 is 1.19 bits per heavy atom. The molecular formula is C16H24INO3. The van der Waals surface area contributed by atoms with E-state index in [1.165, 1.54) is 0 Å². The van der Waals surface area contributed by atoms with Crippen molar-refractivity contribution in [2.75, 3.05) is 17.6 Å². The summed E-state index contributed by atoms with van der Waals surface area (Å²) < 4.78 is 11.9. The van der Waals surface area contributed by atoms with Gasteiger partial charge in [-0.05, 0) is 38.0 Å². The number of benzene rings is 1. The summed E-state index contributed by atoms with van der Waals surface area (Å²) in [6, 6.07) is 5.47. The van der Waals surface area contributed by atoms with Crippen LogP contribution < -0.4 is 14.8 Å². The van der Waals surface area contributed by atoms with Crippen LogP contribution in [0.3, 0.4) is 0 Å². The largest absolute Gasteiger partial charge is 0.490 e. The fraction of sp³-hybridized carbons (Fsp3) is 0.562. The second-order valence-electron chi connectivity index (χ2n) is 5.01. The Morgan fingerprint density at radius 2 is 1.81 bits per heavy atom. The van der Waals surface area contributed by atoms with Crippen LogP contribution >= 0.6 is 22.6 Å². The first kappa shape index (κ1) is 18.1. The SMILES string of the molecule is CCOc1ccc(C(=O)NC(CI)C(C)C)cc1OCC. The highest BCUT2D eigenvalue weighted by molar-refractivity contribution is 14.1. The van der Waals surface area contributed by atoms with E-state index in [4.69, 9.17) is 9.47 Å². The summed E-state index contributed by atoms with van der Waals surface area (Å²) in [5.74, 6) is 1.61. The molecule has 1 unspecified atom stereocenters. The van der Waals surface area contributed by atoms with Crippen molar-refractivity contribution >= 4 is 28.5 Å². The average Bonchev–Trinajstić information content (AvgIpc) is 2.46. The van der Waals surface area contributed by atoms with Gasteiger partial charge in [-0.2, -0.15) is 0 Å². The van der Waals surface area contributed by atoms with Gasteiger partial charge in [-0.3, -0.25) is 4.79 Å². The molecule has 0 heterocycles. The number of alkyl halides is 1. The lowest BCUT2D eigenvalue weighted by Crippen LogP contribution is -2.39. The molecule has 0 saturated carbocycles. The quantitative estimate of drug-likeness (QED) is 0.531. The third kappa shape index (κ3) is 5.37. The molecule has 21 heavy (non-hydrogen) atoms. The predicted octanol–water partition coefficient (Wildman–Crippen LogP) is 3.67. The first-order valence-electron chi connectivity index (χ1n) is 7.29. The lowest BCUT2D eigenvalue weighted by Gasteiger charge is -2.20. The van der Waals surface area contributed by atoms with E-state index in [-0.39, 0.29) is 11.9 Å². The van der Waals surface area contributed by atoms with Crippen LogP contribution in [0.1, 0.15) is 38.1 Å². The van der Waals surface area contributed by atoms with Crippen molar-refractivity contribution in [1.29, 1.82) is 0 Å². The molecule has 0 aliphatic rings. The highest BCUT2D eigenvalue weighted by Gasteiger charge is 2.17. The Bertz CT molecular complexity index is 463. The molecule has 0 fully saturated rings. The maximum Gasteiger partial charge on any atom is 0.251 e. The molecule has 118 valence electrons. The van der Waals surface area contributed by atoms with Crippen molar-refractivity contribution in [2.45, 2.75) is 33.7 Å². The normalized spacial score (nSPS) is 12.1. The smallest absolute Gasteiger partial charge is 0.251 e. The molecule has 0 spiro atoms. The minimum Gasteiger partial charge on any atom is -0.490 e. The number of carbonyl (C=O) groups excluding carboxylic acids is 1. The number of halogens is 1. The fourth-order valence-corrected chi connectivity index (χ4v) is 3.06. The van der Waals surface area contributed by atoms with Crippen LogP contribution in [0.25, 0.3) is 0 Å². The molecular weight excluding hydrogens is 381 g/mol. The standard InChI is InChI=1S/C16H24INO3/c1-5-20-14-8-7-12(9-15(14)21-6-2)16(19)18-13(10-17)11(3)4/h7-9,11,13H,5-6,10H2,1-4H3,(H,18,19). The van der Waals surface area contributed by atoms with Gasteiger partial charge in [-0.25, -0.2) is 0 Å². The Labute approximate surface area is 140 Å². The van der Waals surface area contributed by atoms with E-state index >= 15 is 0 Å². The molecule has 0 saturated heterocycles. The lowest BCUT2D eigenvalue weighted by atomic mass is 10.1. The van der Waals surface area contributed by atoms with Crippen molar-refractivity contribution < 1.29 is 14.3 Å². The number of nitrogens with one attached hydrogen (secondary N) is 1. The Kier molecular flexibility index (Phi) is 7.85. The van der Waals surface area contributed by atoms with E-state index in [1.807, 2.05) is 13.8 Å². The highest BCUT2D eigenvalue weighted by atomic mass is 127. The van der Waals surface area contributed by atoms with Crippen LogP contribution in [0.5, 0.6) is 11.5 Å². The van der Waals surface area contributed by atoms with Gasteiger partial charge in [0.2, 0.25) is 0 Å². The molecule has 1 atom stereocenters. The van der Waals surface area contributed by atoms with Gasteiger partial charge in [-0.1, -0.05) is 36.4 Å². The molecule has 1 aromatic carbocycles. The van der Waals surface area contributed by atoms with Crippen LogP contribution in [-0.2, 0) is 0 Å². The van der Waals surface area contributed by atoms with Gasteiger partial charge < -0.3 is 14.8 Å². The summed E-state index contributed by atoms with van der Waals surface area (Å²) in [4.78, 5) is 12.3. The number of ether oxygens (including phenoxy) is 2. The molecule has 0 aliphatic carbocycles. The Morgan fingerprint density at radius 3 is 2.33 bits per heavy atom. The van der Waals surface area contributed by atoms with Gasteiger partial charge in [0, 0.05) is 16.0 Å². The van der Waals surface area contributed by atoms with Gasteiger partial charge in [0.05, 0.1) is 13.2 Å². The predicted molar refractivity (Wildman–Crippen MR) is 93.8 cm³/mol. The third-order valence-electron chi connectivity index (χ3n) is 3.09. The van der Waals surface area contributed by atoms with Crippen molar-refractivity contribution in [2.24, 2.45) is 5.92 Å². The summed E-state index contributed by atoms with van der Waals surface area (Å²) >= 11 is 2.29. The van der Waals surface area contributed by atoms with Gasteiger partial charge in [0.1, 0.15) is 0 Å². The van der Waals surface area contributed by atoms with Crippen LogP contribution in [0, 0.1) is 5.92 Å². The van der Waals surface area contributed by atoms with Crippen LogP contribution in [0.15, 0.2) is 18.2 Å². The molecule has 1 aromatic rings. The van der Waals surface area contributed by atoms with Gasteiger partial charge in [0.15, 0.2) is 11.5 Å². The number of hydrogen-bond donors (Lipinski definition) is 1. The van der Waals surface area contributed by atoms with E-state index in [1.54, 1.807) is 18.2 Å². The van der Waals surface area contributed by atoms with Crippen molar-refractivity contribution in [3.8, 4) is 11.5 Å². The zero-order chi connectivity index (χ0) is 15.8. The Hall–Kier alpha value is -0.980. The van der Waals surface area contributed by atoms with Crippen LogP contribution in [-0.4, -0.2) is 29.6 Å². The zero-order valence-corrected chi connectivity index (χ0v) is 15.3. The highest BCUT2D eigenvalue weighted by Crippen LogP contribution is 2.28. The second kappa shape index (κ2) is 9.12. The van der Waals surface area contributed by atoms with E-state index in [2.05, 4.69) is 41.8 Å². The van der Waals surface area contributed by atoms with Crippen molar-refractivity contribution in [1.82, 2.24) is 5.32 Å². The van der Waals surface area contributed by atoms with E-state index in [0.29, 0.717) is 36.2 Å². The average molecular weight is 405 g/mol. The van der Waals surface area contributed by atoms with Crippen LogP contribution in [0.4, 0.5) is 0 Å². The summed E-state index contributed by atoms with van der Waals surface area (Å²) in [7, 11) is 0. The summed E-state index contributed by atoms with van der Waals surface area (Å²) in [5, 5.41) is 3.06. The molecule has 5 heteroatoms. The first-order chi connectivity index (χ1) is 10.0. The zero-order valence-electron chi connectivity index (χ0n) is 13.1. The van der Waals surface area contributed by atoms with Crippen molar-refractivity contribution in [3.63, 3.8) is 0 Å². The monoisotopic (exact) mass is 405 g/mol.